The van der Waals surface area contributed by atoms with Gasteiger partial charge in [-0.15, -0.1) is 0 Å². The fourth-order valence-electron chi connectivity index (χ4n) is 3.69. The molecule has 0 aromatic heterocycles. The van der Waals surface area contributed by atoms with Gasteiger partial charge in [-0.3, -0.25) is 4.79 Å². The Bertz CT molecular complexity index is 381. The first-order valence-electron chi connectivity index (χ1n) is 8.28. The highest BCUT2D eigenvalue weighted by atomic mass is 16.4. The van der Waals surface area contributed by atoms with Crippen molar-refractivity contribution in [3.63, 3.8) is 0 Å². The summed E-state index contributed by atoms with van der Waals surface area (Å²) in [5.41, 5.74) is 4.82. The number of carboxylic acid groups (broad SMARTS) is 1. The topological polar surface area (TPSA) is 92.4 Å². The molecule has 1 amide bonds. The van der Waals surface area contributed by atoms with Crippen molar-refractivity contribution in [2.24, 2.45) is 17.6 Å². The maximum absolute atomic E-state index is 12.4. The van der Waals surface area contributed by atoms with Crippen LogP contribution < -0.4 is 11.1 Å². The first kappa shape index (κ1) is 16.3. The molecule has 2 aliphatic carbocycles. The van der Waals surface area contributed by atoms with E-state index in [0.717, 1.165) is 44.9 Å². The van der Waals surface area contributed by atoms with Gasteiger partial charge in [-0.05, 0) is 57.3 Å². The number of carbonyl (C=O) groups excluding carboxylic acids is 1. The summed E-state index contributed by atoms with van der Waals surface area (Å²) in [6.45, 7) is 2.14. The molecule has 120 valence electrons. The molecule has 0 radical (unpaired) electrons. The number of nitrogens with two attached hydrogens (primary N) is 1. The molecule has 0 unspecified atom stereocenters. The Kier molecular flexibility index (Phi) is 5.25. The SMILES string of the molecule is CCC1CCC(NC(=O)C2CCC(N)CC2)(C(=O)O)CC1. The summed E-state index contributed by atoms with van der Waals surface area (Å²) in [5.74, 6) is -0.427. The summed E-state index contributed by atoms with van der Waals surface area (Å²) in [6.07, 6.45) is 7.24. The Labute approximate surface area is 126 Å². The third-order valence-corrected chi connectivity index (χ3v) is 5.45. The lowest BCUT2D eigenvalue weighted by Gasteiger charge is -2.38. The fraction of sp³-hybridized carbons (Fsp3) is 0.875. The summed E-state index contributed by atoms with van der Waals surface area (Å²) in [5, 5.41) is 12.5. The van der Waals surface area contributed by atoms with E-state index in [0.29, 0.717) is 18.8 Å². The predicted octanol–water partition coefficient (Wildman–Crippen LogP) is 2.04. The number of hydrogen-bond donors (Lipinski definition) is 3. The van der Waals surface area contributed by atoms with E-state index in [2.05, 4.69) is 12.2 Å². The molecule has 0 bridgehead atoms. The van der Waals surface area contributed by atoms with Crippen LogP contribution in [0, 0.1) is 11.8 Å². The third-order valence-electron chi connectivity index (χ3n) is 5.45. The lowest BCUT2D eigenvalue weighted by Crippen LogP contribution is -2.57. The molecule has 2 fully saturated rings. The van der Waals surface area contributed by atoms with Crippen LogP contribution in [0.1, 0.15) is 64.7 Å². The molecule has 0 aromatic rings. The highest BCUT2D eigenvalue weighted by molar-refractivity contribution is 5.88. The van der Waals surface area contributed by atoms with E-state index >= 15 is 0 Å². The molecular weight excluding hydrogens is 268 g/mol. The van der Waals surface area contributed by atoms with Gasteiger partial charge in [-0.25, -0.2) is 4.79 Å². The Morgan fingerprint density at radius 1 is 1.14 bits per heavy atom. The molecule has 0 aliphatic heterocycles. The number of aliphatic carboxylic acids is 1. The molecule has 0 heterocycles. The molecule has 2 rings (SSSR count). The summed E-state index contributed by atoms with van der Waals surface area (Å²) >= 11 is 0. The zero-order chi connectivity index (χ0) is 15.5. The van der Waals surface area contributed by atoms with E-state index in [1.165, 1.54) is 0 Å². The summed E-state index contributed by atoms with van der Waals surface area (Å²) in [4.78, 5) is 24.1. The Hall–Kier alpha value is -1.10. The number of rotatable bonds is 4. The third kappa shape index (κ3) is 3.76. The highest BCUT2D eigenvalue weighted by Gasteiger charge is 2.44. The summed E-state index contributed by atoms with van der Waals surface area (Å²) in [7, 11) is 0. The van der Waals surface area contributed by atoms with Crippen LogP contribution in [0.5, 0.6) is 0 Å². The molecule has 0 aromatic carbocycles. The van der Waals surface area contributed by atoms with Gasteiger partial charge in [-0.2, -0.15) is 0 Å². The first-order chi connectivity index (χ1) is 9.97. The van der Waals surface area contributed by atoms with Crippen LogP contribution in [-0.2, 0) is 9.59 Å². The Morgan fingerprint density at radius 2 is 1.71 bits per heavy atom. The van der Waals surface area contributed by atoms with E-state index in [9.17, 15) is 14.7 Å². The van der Waals surface area contributed by atoms with Gasteiger partial charge < -0.3 is 16.2 Å². The van der Waals surface area contributed by atoms with E-state index in [4.69, 9.17) is 5.73 Å². The lowest BCUT2D eigenvalue weighted by molar-refractivity contribution is -0.150. The molecule has 5 nitrogen and oxygen atoms in total. The van der Waals surface area contributed by atoms with Gasteiger partial charge in [0.15, 0.2) is 0 Å². The van der Waals surface area contributed by atoms with E-state index in [1.807, 2.05) is 0 Å². The molecular formula is C16H28N2O3. The second-order valence-electron chi connectivity index (χ2n) is 6.84. The largest absolute Gasteiger partial charge is 0.480 e. The molecule has 2 saturated carbocycles. The minimum atomic E-state index is -1.04. The molecule has 21 heavy (non-hydrogen) atoms. The van der Waals surface area contributed by atoms with Crippen molar-refractivity contribution >= 4 is 11.9 Å². The van der Waals surface area contributed by atoms with Crippen LogP contribution in [0.2, 0.25) is 0 Å². The average molecular weight is 296 g/mol. The predicted molar refractivity (Wildman–Crippen MR) is 80.7 cm³/mol. The van der Waals surface area contributed by atoms with E-state index in [1.54, 1.807) is 0 Å². The number of nitrogens with one attached hydrogen (secondary N) is 1. The van der Waals surface area contributed by atoms with Crippen molar-refractivity contribution in [1.82, 2.24) is 5.32 Å². The number of amides is 1. The number of carbonyl (C=O) groups is 2. The molecule has 0 atom stereocenters. The second-order valence-corrected chi connectivity index (χ2v) is 6.84. The quantitative estimate of drug-likeness (QED) is 0.740. The Balaban J connectivity index is 1.97. The lowest BCUT2D eigenvalue weighted by atomic mass is 9.75. The monoisotopic (exact) mass is 296 g/mol. The van der Waals surface area contributed by atoms with Gasteiger partial charge in [0.2, 0.25) is 5.91 Å². The zero-order valence-corrected chi connectivity index (χ0v) is 12.9. The van der Waals surface area contributed by atoms with Crippen molar-refractivity contribution in [1.29, 1.82) is 0 Å². The van der Waals surface area contributed by atoms with Gasteiger partial charge >= 0.3 is 5.97 Å². The van der Waals surface area contributed by atoms with E-state index < -0.39 is 11.5 Å². The van der Waals surface area contributed by atoms with Crippen LogP contribution in [0.15, 0.2) is 0 Å². The van der Waals surface area contributed by atoms with Crippen LogP contribution in [0.25, 0.3) is 0 Å². The summed E-state index contributed by atoms with van der Waals surface area (Å²) in [6, 6.07) is 0.197. The molecule has 5 heteroatoms. The van der Waals surface area contributed by atoms with E-state index in [-0.39, 0.29) is 17.9 Å². The molecule has 0 saturated heterocycles. The van der Waals surface area contributed by atoms with Gasteiger partial charge in [0.05, 0.1) is 0 Å². The van der Waals surface area contributed by atoms with Crippen LogP contribution >= 0.6 is 0 Å². The maximum Gasteiger partial charge on any atom is 0.329 e. The summed E-state index contributed by atoms with van der Waals surface area (Å²) < 4.78 is 0. The van der Waals surface area contributed by atoms with Crippen molar-refractivity contribution in [2.75, 3.05) is 0 Å². The maximum atomic E-state index is 12.4. The zero-order valence-electron chi connectivity index (χ0n) is 12.9. The van der Waals surface area contributed by atoms with Gasteiger partial charge in [-0.1, -0.05) is 13.3 Å². The molecule has 4 N–H and O–H groups in total. The van der Waals surface area contributed by atoms with Crippen molar-refractivity contribution < 1.29 is 14.7 Å². The van der Waals surface area contributed by atoms with Crippen molar-refractivity contribution in [3.8, 4) is 0 Å². The van der Waals surface area contributed by atoms with Crippen molar-refractivity contribution in [3.05, 3.63) is 0 Å². The smallest absolute Gasteiger partial charge is 0.329 e. The van der Waals surface area contributed by atoms with Gasteiger partial charge in [0.25, 0.3) is 0 Å². The number of hydrogen-bond acceptors (Lipinski definition) is 3. The average Bonchev–Trinajstić information content (AvgIpc) is 2.48. The number of carboxylic acids is 1. The van der Waals surface area contributed by atoms with Crippen LogP contribution in [0.4, 0.5) is 0 Å². The minimum Gasteiger partial charge on any atom is -0.480 e. The van der Waals surface area contributed by atoms with Crippen molar-refractivity contribution in [2.45, 2.75) is 76.3 Å². The van der Waals surface area contributed by atoms with Crippen LogP contribution in [-0.4, -0.2) is 28.6 Å². The fourth-order valence-corrected chi connectivity index (χ4v) is 3.69. The minimum absolute atomic E-state index is 0.0649. The van der Waals surface area contributed by atoms with Gasteiger partial charge in [0, 0.05) is 12.0 Å². The normalized spacial score (nSPS) is 37.0. The van der Waals surface area contributed by atoms with Crippen LogP contribution in [0.3, 0.4) is 0 Å². The first-order valence-corrected chi connectivity index (χ1v) is 8.28. The standard InChI is InChI=1S/C16H28N2O3/c1-2-11-7-9-16(10-8-11,15(20)21)18-14(19)12-3-5-13(17)6-4-12/h11-13H,2-10,17H2,1H3,(H,18,19)(H,20,21). The Morgan fingerprint density at radius 3 is 2.19 bits per heavy atom. The molecule has 0 spiro atoms. The second kappa shape index (κ2) is 6.77. The van der Waals surface area contributed by atoms with Gasteiger partial charge in [0.1, 0.15) is 5.54 Å². The molecule has 2 aliphatic rings. The highest BCUT2D eigenvalue weighted by Crippen LogP contribution is 2.35.